The van der Waals surface area contributed by atoms with Crippen LogP contribution in [-0.2, 0) is 0 Å². The van der Waals surface area contributed by atoms with Gasteiger partial charge in [-0.3, -0.25) is 0 Å². The zero-order valence-electron chi connectivity index (χ0n) is 8.63. The van der Waals surface area contributed by atoms with Crippen LogP contribution in [0.3, 0.4) is 0 Å². The summed E-state index contributed by atoms with van der Waals surface area (Å²) in [4.78, 5) is 0. The van der Waals surface area contributed by atoms with Gasteiger partial charge in [0.25, 0.3) is 0 Å². The molecule has 0 heterocycles. The van der Waals surface area contributed by atoms with E-state index < -0.39 is 0 Å². The van der Waals surface area contributed by atoms with Crippen molar-refractivity contribution in [1.82, 2.24) is 0 Å². The highest BCUT2D eigenvalue weighted by Crippen LogP contribution is 2.59. The highest BCUT2D eigenvalue weighted by molar-refractivity contribution is 5.07. The molecule has 74 valence electrons. The fourth-order valence-electron chi connectivity index (χ4n) is 4.00. The van der Waals surface area contributed by atoms with E-state index >= 15 is 0 Å². The summed E-state index contributed by atoms with van der Waals surface area (Å²) in [5, 5.41) is 0. The summed E-state index contributed by atoms with van der Waals surface area (Å²) in [6.45, 7) is 2.47. The van der Waals surface area contributed by atoms with Gasteiger partial charge in [0.1, 0.15) is 0 Å². The van der Waals surface area contributed by atoms with Crippen LogP contribution in [0, 0.1) is 23.2 Å². The molecule has 1 heteroatoms. The van der Waals surface area contributed by atoms with Crippen LogP contribution in [-0.4, -0.2) is 6.04 Å². The number of hydrogen-bond donors (Lipinski definition) is 1. The van der Waals surface area contributed by atoms with E-state index in [1.165, 1.54) is 38.5 Å². The molecule has 0 aromatic rings. The van der Waals surface area contributed by atoms with Crippen LogP contribution >= 0.6 is 0 Å². The SMILES string of the molecule is CC1(CC2CC2)C2CCC(C2)C1N. The van der Waals surface area contributed by atoms with E-state index in [0.29, 0.717) is 11.5 Å². The second kappa shape index (κ2) is 2.50. The largest absolute Gasteiger partial charge is 0.327 e. The molecule has 0 aromatic carbocycles. The molecule has 4 unspecified atom stereocenters. The summed E-state index contributed by atoms with van der Waals surface area (Å²) in [6, 6.07) is 0.534. The molecule has 3 rings (SSSR count). The molecule has 0 radical (unpaired) electrons. The standard InChI is InChI=1S/C12H21N/c1-12(7-8-2-3-8)10-5-4-9(6-10)11(12)13/h8-11H,2-7,13H2,1H3. The van der Waals surface area contributed by atoms with Gasteiger partial charge < -0.3 is 5.73 Å². The highest BCUT2D eigenvalue weighted by Gasteiger charge is 2.54. The van der Waals surface area contributed by atoms with Crippen LogP contribution in [0.25, 0.3) is 0 Å². The smallest absolute Gasteiger partial charge is 0.0124 e. The van der Waals surface area contributed by atoms with Crippen molar-refractivity contribution < 1.29 is 0 Å². The number of nitrogens with two attached hydrogens (primary N) is 1. The predicted molar refractivity (Wildman–Crippen MR) is 54.3 cm³/mol. The van der Waals surface area contributed by atoms with Crippen molar-refractivity contribution in [2.24, 2.45) is 28.9 Å². The van der Waals surface area contributed by atoms with Crippen LogP contribution in [0.2, 0.25) is 0 Å². The molecular formula is C12H21N. The predicted octanol–water partition coefficient (Wildman–Crippen LogP) is 2.55. The molecule has 2 bridgehead atoms. The minimum absolute atomic E-state index is 0.532. The topological polar surface area (TPSA) is 26.0 Å². The number of hydrogen-bond acceptors (Lipinski definition) is 1. The van der Waals surface area contributed by atoms with Crippen LogP contribution < -0.4 is 5.73 Å². The van der Waals surface area contributed by atoms with Crippen molar-refractivity contribution in [3.8, 4) is 0 Å². The first-order chi connectivity index (χ1) is 6.20. The average molecular weight is 179 g/mol. The molecular weight excluding hydrogens is 158 g/mol. The highest BCUT2D eigenvalue weighted by atomic mass is 14.8. The van der Waals surface area contributed by atoms with Crippen molar-refractivity contribution in [2.45, 2.75) is 51.5 Å². The van der Waals surface area contributed by atoms with Gasteiger partial charge in [0.2, 0.25) is 0 Å². The monoisotopic (exact) mass is 179 g/mol. The molecule has 0 amide bonds. The van der Waals surface area contributed by atoms with Crippen LogP contribution in [0.1, 0.15) is 45.4 Å². The third-order valence-corrected chi connectivity index (χ3v) is 5.10. The van der Waals surface area contributed by atoms with Gasteiger partial charge in [0.05, 0.1) is 0 Å². The zero-order chi connectivity index (χ0) is 9.05. The molecule has 0 aliphatic heterocycles. The molecule has 3 aliphatic carbocycles. The van der Waals surface area contributed by atoms with Crippen LogP contribution in [0.15, 0.2) is 0 Å². The lowest BCUT2D eigenvalue weighted by molar-refractivity contribution is 0.133. The molecule has 3 fully saturated rings. The first kappa shape index (κ1) is 8.28. The molecule has 3 aliphatic rings. The van der Waals surface area contributed by atoms with Crippen LogP contribution in [0.4, 0.5) is 0 Å². The normalized spacial score (nSPS) is 54.5. The molecule has 0 spiro atoms. The molecule has 0 saturated heterocycles. The Bertz CT molecular complexity index is 217. The van der Waals surface area contributed by atoms with Gasteiger partial charge in [-0.05, 0) is 48.9 Å². The van der Waals surface area contributed by atoms with E-state index in [9.17, 15) is 0 Å². The minimum Gasteiger partial charge on any atom is -0.327 e. The minimum atomic E-state index is 0.532. The Morgan fingerprint density at radius 2 is 2.00 bits per heavy atom. The molecule has 13 heavy (non-hydrogen) atoms. The van der Waals surface area contributed by atoms with Crippen LogP contribution in [0.5, 0.6) is 0 Å². The van der Waals surface area contributed by atoms with Gasteiger partial charge in [-0.1, -0.05) is 19.8 Å². The second-order valence-corrected chi connectivity index (χ2v) is 5.95. The molecule has 4 atom stereocenters. The average Bonchev–Trinajstić information content (AvgIpc) is 2.72. The second-order valence-electron chi connectivity index (χ2n) is 5.95. The summed E-state index contributed by atoms with van der Waals surface area (Å²) < 4.78 is 0. The van der Waals surface area contributed by atoms with E-state index in [1.54, 1.807) is 0 Å². The summed E-state index contributed by atoms with van der Waals surface area (Å²) in [5.74, 6) is 2.91. The Morgan fingerprint density at radius 3 is 2.54 bits per heavy atom. The van der Waals surface area contributed by atoms with E-state index in [0.717, 1.165) is 17.8 Å². The third-order valence-electron chi connectivity index (χ3n) is 5.10. The Labute approximate surface area is 81.1 Å². The molecule has 3 saturated carbocycles. The molecule has 0 aromatic heterocycles. The molecule has 2 N–H and O–H groups in total. The number of rotatable bonds is 2. The van der Waals surface area contributed by atoms with Gasteiger partial charge in [0, 0.05) is 6.04 Å². The summed E-state index contributed by atoms with van der Waals surface area (Å²) >= 11 is 0. The summed E-state index contributed by atoms with van der Waals surface area (Å²) in [6.07, 6.45) is 8.76. The Hall–Kier alpha value is -0.0400. The lowest BCUT2D eigenvalue weighted by Gasteiger charge is -2.39. The Kier molecular flexibility index (Phi) is 1.59. The zero-order valence-corrected chi connectivity index (χ0v) is 8.63. The van der Waals surface area contributed by atoms with Gasteiger partial charge in [0.15, 0.2) is 0 Å². The van der Waals surface area contributed by atoms with E-state index in [-0.39, 0.29) is 0 Å². The van der Waals surface area contributed by atoms with E-state index in [2.05, 4.69) is 6.92 Å². The number of fused-ring (bicyclic) bond motifs is 2. The molecule has 1 nitrogen and oxygen atoms in total. The third kappa shape index (κ3) is 1.09. The summed E-state index contributed by atoms with van der Waals surface area (Å²) in [5.41, 5.74) is 6.91. The van der Waals surface area contributed by atoms with Gasteiger partial charge in [-0.25, -0.2) is 0 Å². The Balaban J connectivity index is 1.80. The maximum atomic E-state index is 6.37. The first-order valence-corrected chi connectivity index (χ1v) is 5.96. The fraction of sp³-hybridized carbons (Fsp3) is 1.00. The fourth-order valence-corrected chi connectivity index (χ4v) is 4.00. The van der Waals surface area contributed by atoms with Gasteiger partial charge >= 0.3 is 0 Å². The Morgan fingerprint density at radius 1 is 1.23 bits per heavy atom. The quantitative estimate of drug-likeness (QED) is 0.692. The van der Waals surface area contributed by atoms with Crippen molar-refractivity contribution in [3.05, 3.63) is 0 Å². The van der Waals surface area contributed by atoms with Crippen molar-refractivity contribution >= 4 is 0 Å². The maximum absolute atomic E-state index is 6.37. The summed E-state index contributed by atoms with van der Waals surface area (Å²) in [7, 11) is 0. The lowest BCUT2D eigenvalue weighted by atomic mass is 9.68. The maximum Gasteiger partial charge on any atom is 0.0124 e. The lowest BCUT2D eigenvalue weighted by Crippen LogP contribution is -2.44. The van der Waals surface area contributed by atoms with Crippen molar-refractivity contribution in [3.63, 3.8) is 0 Å². The van der Waals surface area contributed by atoms with Gasteiger partial charge in [-0.2, -0.15) is 0 Å². The van der Waals surface area contributed by atoms with Crippen molar-refractivity contribution in [2.75, 3.05) is 0 Å². The van der Waals surface area contributed by atoms with Crippen molar-refractivity contribution in [1.29, 1.82) is 0 Å². The van der Waals surface area contributed by atoms with Gasteiger partial charge in [-0.15, -0.1) is 0 Å². The van der Waals surface area contributed by atoms with E-state index in [1.807, 2.05) is 0 Å². The van der Waals surface area contributed by atoms with E-state index in [4.69, 9.17) is 5.73 Å². The first-order valence-electron chi connectivity index (χ1n) is 5.96.